The number of ether oxygens (including phenoxy) is 1. The largest absolute Gasteiger partial charge is 0.393 e. The highest BCUT2D eigenvalue weighted by Gasteiger charge is 2.28. The van der Waals surface area contributed by atoms with Crippen LogP contribution in [0.25, 0.3) is 0 Å². The summed E-state index contributed by atoms with van der Waals surface area (Å²) in [7, 11) is 0. The van der Waals surface area contributed by atoms with Gasteiger partial charge in [0, 0.05) is 10.5 Å². The lowest BCUT2D eigenvalue weighted by Crippen LogP contribution is -2.31. The maximum atomic E-state index is 9.56. The van der Waals surface area contributed by atoms with E-state index in [1.54, 1.807) is 0 Å². The highest BCUT2D eigenvalue weighted by atomic mass is 32.2. The Kier molecular flexibility index (Phi) is 6.31. The molecular formula is C18H32O2S. The van der Waals surface area contributed by atoms with Gasteiger partial charge in [-0.2, -0.15) is 11.8 Å². The highest BCUT2D eigenvalue weighted by Crippen LogP contribution is 2.38. The molecule has 0 aromatic rings. The molecule has 3 fully saturated rings. The van der Waals surface area contributed by atoms with Gasteiger partial charge < -0.3 is 9.84 Å². The highest BCUT2D eigenvalue weighted by molar-refractivity contribution is 8.00. The van der Waals surface area contributed by atoms with Crippen molar-refractivity contribution in [2.45, 2.75) is 112 Å². The maximum Gasteiger partial charge on any atom is 0.0580 e. The number of hydrogen-bond acceptors (Lipinski definition) is 3. The molecule has 1 N–H and O–H groups in total. The molecule has 2 nitrogen and oxygen atoms in total. The minimum Gasteiger partial charge on any atom is -0.393 e. The van der Waals surface area contributed by atoms with Crippen molar-refractivity contribution in [1.82, 2.24) is 0 Å². The van der Waals surface area contributed by atoms with Gasteiger partial charge in [-0.25, -0.2) is 0 Å². The number of thioether (sulfide) groups is 1. The average Bonchev–Trinajstić information content (AvgIpc) is 2.53. The minimum absolute atomic E-state index is 0.0625. The molecule has 0 aromatic carbocycles. The van der Waals surface area contributed by atoms with Gasteiger partial charge in [-0.3, -0.25) is 0 Å². The molecule has 3 rings (SSSR count). The third-order valence-electron chi connectivity index (χ3n) is 5.59. The fourth-order valence-electron chi connectivity index (χ4n) is 4.23. The van der Waals surface area contributed by atoms with Crippen molar-refractivity contribution >= 4 is 11.8 Å². The van der Waals surface area contributed by atoms with Crippen LogP contribution in [0.2, 0.25) is 0 Å². The van der Waals surface area contributed by atoms with Gasteiger partial charge in [0.1, 0.15) is 0 Å². The lowest BCUT2D eigenvalue weighted by Gasteiger charge is -2.35. The summed E-state index contributed by atoms with van der Waals surface area (Å²) < 4.78 is 6.30. The van der Waals surface area contributed by atoms with E-state index in [-0.39, 0.29) is 6.10 Å². The first-order valence-corrected chi connectivity index (χ1v) is 10.2. The van der Waals surface area contributed by atoms with E-state index in [0.717, 1.165) is 36.2 Å². The van der Waals surface area contributed by atoms with Gasteiger partial charge in [0.2, 0.25) is 0 Å². The van der Waals surface area contributed by atoms with Crippen molar-refractivity contribution in [3.8, 4) is 0 Å². The lowest BCUT2D eigenvalue weighted by molar-refractivity contribution is -0.0596. The van der Waals surface area contributed by atoms with Crippen LogP contribution in [0, 0.1) is 0 Å². The van der Waals surface area contributed by atoms with Crippen LogP contribution < -0.4 is 0 Å². The molecule has 0 aromatic heterocycles. The molecule has 0 bridgehead atoms. The van der Waals surface area contributed by atoms with E-state index in [1.165, 1.54) is 57.8 Å². The Labute approximate surface area is 134 Å². The molecule has 0 unspecified atom stereocenters. The van der Waals surface area contributed by atoms with Crippen LogP contribution in [0.3, 0.4) is 0 Å². The fraction of sp³-hybridized carbons (Fsp3) is 1.00. The molecule has 3 aliphatic carbocycles. The molecule has 21 heavy (non-hydrogen) atoms. The van der Waals surface area contributed by atoms with Crippen molar-refractivity contribution in [2.75, 3.05) is 0 Å². The molecule has 3 saturated carbocycles. The monoisotopic (exact) mass is 312 g/mol. The number of aliphatic hydroxyl groups excluding tert-OH is 1. The standard InChI is InChI=1S/C18H32O2S/c19-14-6-8-15(9-7-14)20-16-10-12-18(13-11-16)21-17-4-2-1-3-5-17/h14-19H,1-13H2. The molecule has 3 heteroatoms. The molecule has 0 spiro atoms. The summed E-state index contributed by atoms with van der Waals surface area (Å²) in [4.78, 5) is 0. The predicted molar refractivity (Wildman–Crippen MR) is 89.9 cm³/mol. The Morgan fingerprint density at radius 2 is 1.14 bits per heavy atom. The first-order chi connectivity index (χ1) is 10.3. The SMILES string of the molecule is OC1CCC(OC2CCC(SC3CCCCC3)CC2)CC1. The van der Waals surface area contributed by atoms with Crippen LogP contribution >= 0.6 is 11.8 Å². The van der Waals surface area contributed by atoms with Gasteiger partial charge in [0.05, 0.1) is 18.3 Å². The second kappa shape index (κ2) is 8.21. The summed E-state index contributed by atoms with van der Waals surface area (Å²) in [5.74, 6) is 0. The number of rotatable bonds is 4. The quantitative estimate of drug-likeness (QED) is 0.817. The summed E-state index contributed by atoms with van der Waals surface area (Å²) in [5.41, 5.74) is 0. The van der Waals surface area contributed by atoms with E-state index in [4.69, 9.17) is 4.74 Å². The van der Waals surface area contributed by atoms with Gasteiger partial charge in [0.25, 0.3) is 0 Å². The van der Waals surface area contributed by atoms with E-state index in [9.17, 15) is 5.11 Å². The van der Waals surface area contributed by atoms with E-state index in [2.05, 4.69) is 11.8 Å². The third kappa shape index (κ3) is 5.14. The van der Waals surface area contributed by atoms with Gasteiger partial charge in [-0.1, -0.05) is 19.3 Å². The summed E-state index contributed by atoms with van der Waals surface area (Å²) in [6.45, 7) is 0. The summed E-state index contributed by atoms with van der Waals surface area (Å²) in [5, 5.41) is 11.4. The minimum atomic E-state index is -0.0625. The van der Waals surface area contributed by atoms with E-state index in [0.29, 0.717) is 12.2 Å². The fourth-order valence-corrected chi connectivity index (χ4v) is 5.93. The second-order valence-corrected chi connectivity index (χ2v) is 8.97. The van der Waals surface area contributed by atoms with Crippen LogP contribution in [-0.4, -0.2) is 33.9 Å². The zero-order valence-corrected chi connectivity index (χ0v) is 14.2. The summed E-state index contributed by atoms with van der Waals surface area (Å²) in [6, 6.07) is 0. The van der Waals surface area contributed by atoms with Gasteiger partial charge in [-0.05, 0) is 64.2 Å². The number of hydrogen-bond donors (Lipinski definition) is 1. The van der Waals surface area contributed by atoms with Crippen molar-refractivity contribution in [2.24, 2.45) is 0 Å². The molecule has 0 amide bonds. The first kappa shape index (κ1) is 16.1. The van der Waals surface area contributed by atoms with Gasteiger partial charge in [-0.15, -0.1) is 0 Å². The van der Waals surface area contributed by atoms with Crippen LogP contribution in [0.1, 0.15) is 83.5 Å². The average molecular weight is 313 g/mol. The molecule has 3 aliphatic rings. The Hall–Kier alpha value is 0.270. The normalized spacial score (nSPS) is 39.3. The molecular weight excluding hydrogens is 280 g/mol. The maximum absolute atomic E-state index is 9.56. The zero-order valence-electron chi connectivity index (χ0n) is 13.3. The lowest BCUT2D eigenvalue weighted by atomic mass is 9.93. The predicted octanol–water partition coefficient (Wildman–Crippen LogP) is 4.68. The van der Waals surface area contributed by atoms with Crippen molar-refractivity contribution in [3.05, 3.63) is 0 Å². The van der Waals surface area contributed by atoms with Crippen LogP contribution in [-0.2, 0) is 4.74 Å². The smallest absolute Gasteiger partial charge is 0.0580 e. The summed E-state index contributed by atoms with van der Waals surface area (Å²) >= 11 is 2.30. The van der Waals surface area contributed by atoms with Crippen molar-refractivity contribution in [1.29, 1.82) is 0 Å². The van der Waals surface area contributed by atoms with E-state index < -0.39 is 0 Å². The zero-order chi connectivity index (χ0) is 14.5. The van der Waals surface area contributed by atoms with Crippen LogP contribution in [0.4, 0.5) is 0 Å². The van der Waals surface area contributed by atoms with E-state index >= 15 is 0 Å². The molecule has 122 valence electrons. The topological polar surface area (TPSA) is 29.5 Å². The Morgan fingerprint density at radius 3 is 1.76 bits per heavy atom. The van der Waals surface area contributed by atoms with Gasteiger partial charge >= 0.3 is 0 Å². The van der Waals surface area contributed by atoms with E-state index in [1.807, 2.05) is 0 Å². The Morgan fingerprint density at radius 1 is 0.619 bits per heavy atom. The molecule has 0 radical (unpaired) electrons. The Bertz CT molecular complexity index is 288. The van der Waals surface area contributed by atoms with Crippen molar-refractivity contribution < 1.29 is 9.84 Å². The van der Waals surface area contributed by atoms with Crippen LogP contribution in [0.5, 0.6) is 0 Å². The van der Waals surface area contributed by atoms with Crippen LogP contribution in [0.15, 0.2) is 0 Å². The van der Waals surface area contributed by atoms with Crippen molar-refractivity contribution in [3.63, 3.8) is 0 Å². The second-order valence-electron chi connectivity index (χ2n) is 7.36. The van der Waals surface area contributed by atoms with Gasteiger partial charge in [0.15, 0.2) is 0 Å². The number of aliphatic hydroxyl groups is 1. The third-order valence-corrected chi connectivity index (χ3v) is 7.30. The first-order valence-electron chi connectivity index (χ1n) is 9.28. The summed E-state index contributed by atoms with van der Waals surface area (Å²) in [6.07, 6.45) is 17.5. The molecule has 0 saturated heterocycles. The molecule has 0 aliphatic heterocycles. The molecule has 0 heterocycles. The Balaban J connectivity index is 1.33. The molecule has 0 atom stereocenters.